The first-order valence-electron chi connectivity index (χ1n) is 11.8. The molecular formula is C27H28N8O. The molecule has 0 unspecified atom stereocenters. The molecule has 0 atom stereocenters. The molecule has 1 amide bonds. The number of carbonyl (C=O) groups is 1. The van der Waals surface area contributed by atoms with Crippen LogP contribution in [0.15, 0.2) is 61.1 Å². The number of anilines is 1. The molecule has 0 radical (unpaired) electrons. The molecule has 3 heterocycles. The molecule has 9 heteroatoms. The fourth-order valence-electron chi connectivity index (χ4n) is 4.17. The standard InChI is InChI=1S/C27H28N8O/c1-17-12-31-34(14-17)15-20-4-6-21(7-5-20)16-35-19(3)32-26(33-35)27(36)30-13-23-11-22-8-9-29-25(28)24(22)10-18(23)2/h4-12,14H,13,15-16H2,1-3H3,(H2,28,29)(H,30,36). The number of carbonyl (C=O) groups excluding carboxylic acids is 1. The molecule has 0 spiro atoms. The van der Waals surface area contributed by atoms with Gasteiger partial charge in [-0.3, -0.25) is 9.48 Å². The minimum Gasteiger partial charge on any atom is -0.383 e. The SMILES string of the molecule is Cc1cnn(Cc2ccc(Cn3nc(C(=O)NCc4cc5ccnc(N)c5cc4C)nc3C)cc2)c1. The summed E-state index contributed by atoms with van der Waals surface area (Å²) in [5, 5.41) is 13.6. The summed E-state index contributed by atoms with van der Waals surface area (Å²) >= 11 is 0. The van der Waals surface area contributed by atoms with Crippen LogP contribution in [0.4, 0.5) is 5.82 Å². The number of aromatic nitrogens is 6. The van der Waals surface area contributed by atoms with Crippen molar-refractivity contribution in [2.24, 2.45) is 0 Å². The Morgan fingerprint density at radius 3 is 2.50 bits per heavy atom. The van der Waals surface area contributed by atoms with Crippen LogP contribution in [-0.4, -0.2) is 35.4 Å². The van der Waals surface area contributed by atoms with E-state index in [0.29, 0.717) is 24.7 Å². The molecule has 5 aromatic rings. The lowest BCUT2D eigenvalue weighted by atomic mass is 10.0. The molecule has 0 saturated heterocycles. The maximum Gasteiger partial charge on any atom is 0.291 e. The van der Waals surface area contributed by atoms with Crippen molar-refractivity contribution in [2.45, 2.75) is 40.4 Å². The van der Waals surface area contributed by atoms with Gasteiger partial charge in [0.1, 0.15) is 11.6 Å². The van der Waals surface area contributed by atoms with Crippen molar-refractivity contribution < 1.29 is 4.79 Å². The average Bonchev–Trinajstić information content (AvgIpc) is 3.44. The lowest BCUT2D eigenvalue weighted by molar-refractivity contribution is 0.0940. The van der Waals surface area contributed by atoms with E-state index in [9.17, 15) is 4.79 Å². The molecule has 36 heavy (non-hydrogen) atoms. The number of nitrogens with two attached hydrogens (primary N) is 1. The van der Waals surface area contributed by atoms with Gasteiger partial charge >= 0.3 is 0 Å². The second-order valence-corrected chi connectivity index (χ2v) is 9.05. The van der Waals surface area contributed by atoms with Crippen LogP contribution in [-0.2, 0) is 19.6 Å². The monoisotopic (exact) mass is 480 g/mol. The van der Waals surface area contributed by atoms with Crippen LogP contribution in [0.2, 0.25) is 0 Å². The van der Waals surface area contributed by atoms with E-state index in [-0.39, 0.29) is 11.7 Å². The van der Waals surface area contributed by atoms with Crippen LogP contribution in [0, 0.1) is 20.8 Å². The van der Waals surface area contributed by atoms with Gasteiger partial charge in [0.2, 0.25) is 5.82 Å². The van der Waals surface area contributed by atoms with Crippen LogP contribution < -0.4 is 11.1 Å². The largest absolute Gasteiger partial charge is 0.383 e. The van der Waals surface area contributed by atoms with E-state index in [2.05, 4.69) is 49.7 Å². The Kier molecular flexibility index (Phi) is 6.20. The van der Waals surface area contributed by atoms with Crippen molar-refractivity contribution >= 4 is 22.5 Å². The normalized spacial score (nSPS) is 11.2. The molecule has 182 valence electrons. The number of amides is 1. The Hall–Kier alpha value is -4.53. The zero-order chi connectivity index (χ0) is 25.2. The summed E-state index contributed by atoms with van der Waals surface area (Å²) in [5.41, 5.74) is 11.4. The third kappa shape index (κ3) is 4.95. The van der Waals surface area contributed by atoms with Crippen LogP contribution in [0.5, 0.6) is 0 Å². The van der Waals surface area contributed by atoms with E-state index in [1.54, 1.807) is 10.9 Å². The third-order valence-electron chi connectivity index (χ3n) is 6.21. The first kappa shape index (κ1) is 23.2. The molecule has 0 aliphatic carbocycles. The number of nitrogens with zero attached hydrogens (tertiary/aromatic N) is 6. The van der Waals surface area contributed by atoms with E-state index in [0.717, 1.165) is 39.6 Å². The number of benzene rings is 2. The van der Waals surface area contributed by atoms with E-state index in [4.69, 9.17) is 5.73 Å². The van der Waals surface area contributed by atoms with Gasteiger partial charge in [-0.2, -0.15) is 5.10 Å². The van der Waals surface area contributed by atoms with Crippen LogP contribution >= 0.6 is 0 Å². The maximum atomic E-state index is 12.8. The summed E-state index contributed by atoms with van der Waals surface area (Å²) in [7, 11) is 0. The van der Waals surface area contributed by atoms with Gasteiger partial charge in [0.15, 0.2) is 0 Å². The van der Waals surface area contributed by atoms with Crippen molar-refractivity contribution in [1.82, 2.24) is 34.8 Å². The molecule has 0 aliphatic heterocycles. The van der Waals surface area contributed by atoms with Crippen molar-refractivity contribution in [2.75, 3.05) is 5.73 Å². The molecule has 3 aromatic heterocycles. The Morgan fingerprint density at radius 2 is 1.78 bits per heavy atom. The molecule has 9 nitrogen and oxygen atoms in total. The second kappa shape index (κ2) is 9.61. The molecule has 0 fully saturated rings. The Bertz CT molecular complexity index is 1550. The molecule has 0 saturated carbocycles. The van der Waals surface area contributed by atoms with Crippen molar-refractivity contribution in [3.8, 4) is 0 Å². The summed E-state index contributed by atoms with van der Waals surface area (Å²) in [4.78, 5) is 21.3. The first-order valence-corrected chi connectivity index (χ1v) is 11.8. The third-order valence-corrected chi connectivity index (χ3v) is 6.21. The number of hydrogen-bond acceptors (Lipinski definition) is 6. The number of hydrogen-bond donors (Lipinski definition) is 2. The van der Waals surface area contributed by atoms with E-state index in [1.807, 2.05) is 56.0 Å². The maximum absolute atomic E-state index is 12.8. The minimum atomic E-state index is -0.310. The number of nitrogen functional groups attached to an aromatic ring is 1. The Balaban J connectivity index is 1.23. The summed E-state index contributed by atoms with van der Waals surface area (Å²) in [6, 6.07) is 14.2. The Morgan fingerprint density at radius 1 is 1.03 bits per heavy atom. The number of rotatable bonds is 7. The predicted octanol–water partition coefficient (Wildman–Crippen LogP) is 3.56. The molecule has 3 N–H and O–H groups in total. The highest BCUT2D eigenvalue weighted by molar-refractivity contribution is 5.92. The van der Waals surface area contributed by atoms with Gasteiger partial charge in [0.25, 0.3) is 5.91 Å². The molecular weight excluding hydrogens is 452 g/mol. The van der Waals surface area contributed by atoms with Crippen molar-refractivity contribution in [3.63, 3.8) is 0 Å². The van der Waals surface area contributed by atoms with E-state index in [1.165, 1.54) is 5.56 Å². The smallest absolute Gasteiger partial charge is 0.291 e. The number of aryl methyl sites for hydroxylation is 3. The molecule has 0 bridgehead atoms. The minimum absolute atomic E-state index is 0.157. The van der Waals surface area contributed by atoms with Gasteiger partial charge in [-0.05, 0) is 72.2 Å². The average molecular weight is 481 g/mol. The first-order chi connectivity index (χ1) is 17.4. The highest BCUT2D eigenvalue weighted by atomic mass is 16.2. The van der Waals surface area contributed by atoms with Gasteiger partial charge < -0.3 is 11.1 Å². The zero-order valence-corrected chi connectivity index (χ0v) is 20.6. The van der Waals surface area contributed by atoms with Crippen LogP contribution in [0.3, 0.4) is 0 Å². The van der Waals surface area contributed by atoms with Gasteiger partial charge in [-0.1, -0.05) is 24.3 Å². The lowest BCUT2D eigenvalue weighted by Gasteiger charge is -2.10. The number of pyridine rings is 1. The quantitative estimate of drug-likeness (QED) is 0.368. The van der Waals surface area contributed by atoms with Crippen molar-refractivity contribution in [1.29, 1.82) is 0 Å². The zero-order valence-electron chi connectivity index (χ0n) is 20.6. The summed E-state index contributed by atoms with van der Waals surface area (Å²) in [6.45, 7) is 7.50. The number of fused-ring (bicyclic) bond motifs is 1. The number of nitrogens with one attached hydrogen (secondary N) is 1. The predicted molar refractivity (Wildman–Crippen MR) is 138 cm³/mol. The highest BCUT2D eigenvalue weighted by Gasteiger charge is 2.15. The topological polar surface area (TPSA) is 117 Å². The fraction of sp³-hybridized carbons (Fsp3) is 0.222. The molecule has 5 rings (SSSR count). The summed E-state index contributed by atoms with van der Waals surface area (Å²) < 4.78 is 3.67. The molecule has 0 aliphatic rings. The molecule has 2 aromatic carbocycles. The lowest BCUT2D eigenvalue weighted by Crippen LogP contribution is -2.24. The summed E-state index contributed by atoms with van der Waals surface area (Å²) in [5.74, 6) is 1.03. The van der Waals surface area contributed by atoms with Crippen molar-refractivity contribution in [3.05, 3.63) is 101 Å². The fourth-order valence-corrected chi connectivity index (χ4v) is 4.17. The van der Waals surface area contributed by atoms with Gasteiger partial charge in [-0.15, -0.1) is 5.10 Å². The van der Waals surface area contributed by atoms with E-state index < -0.39 is 0 Å². The van der Waals surface area contributed by atoms with E-state index >= 15 is 0 Å². The second-order valence-electron chi connectivity index (χ2n) is 9.05. The highest BCUT2D eigenvalue weighted by Crippen LogP contribution is 2.23. The summed E-state index contributed by atoms with van der Waals surface area (Å²) in [6.07, 6.45) is 5.56. The van der Waals surface area contributed by atoms with Crippen LogP contribution in [0.25, 0.3) is 10.8 Å². The van der Waals surface area contributed by atoms with Gasteiger partial charge in [-0.25, -0.2) is 14.6 Å². The van der Waals surface area contributed by atoms with Gasteiger partial charge in [0, 0.05) is 24.3 Å². The van der Waals surface area contributed by atoms with Crippen LogP contribution in [0.1, 0.15) is 44.3 Å². The van der Waals surface area contributed by atoms with Gasteiger partial charge in [0.05, 0.1) is 19.3 Å². The Labute approximate surface area is 209 Å².